The van der Waals surface area contributed by atoms with Gasteiger partial charge in [-0.05, 0) is 17.7 Å². The van der Waals surface area contributed by atoms with Gasteiger partial charge in [0.25, 0.3) is 5.91 Å². The van der Waals surface area contributed by atoms with Crippen LogP contribution in [-0.2, 0) is 6.54 Å². The summed E-state index contributed by atoms with van der Waals surface area (Å²) in [5.41, 5.74) is 2.51. The molecule has 2 heterocycles. The summed E-state index contributed by atoms with van der Waals surface area (Å²) in [5, 5.41) is 2.93. The summed E-state index contributed by atoms with van der Waals surface area (Å²) in [5.74, 6) is 0.425. The minimum atomic E-state index is -0.151. The van der Waals surface area contributed by atoms with Crippen molar-refractivity contribution in [1.82, 2.24) is 9.72 Å². The predicted octanol–water partition coefficient (Wildman–Crippen LogP) is 2.88. The third kappa shape index (κ3) is 2.60. The van der Waals surface area contributed by atoms with Crippen molar-refractivity contribution in [3.63, 3.8) is 0 Å². The highest BCUT2D eigenvalue weighted by molar-refractivity contribution is 5.97. The molecule has 0 aliphatic rings. The second kappa shape index (κ2) is 5.71. The zero-order valence-corrected chi connectivity index (χ0v) is 11.7. The van der Waals surface area contributed by atoms with Crippen LogP contribution in [0.25, 0.3) is 5.52 Å². The van der Waals surface area contributed by atoms with Crippen molar-refractivity contribution in [2.45, 2.75) is 6.54 Å². The molecule has 0 aliphatic carbocycles. The standard InChI is InChI=1S/C17H16N2O2/c1-21-15-11-14-9-5-6-10-19(14)16(15)17(20)18-12-13-7-3-2-4-8-13/h2-11H,12H2,1H3,(H,18,20). The van der Waals surface area contributed by atoms with Gasteiger partial charge in [-0.15, -0.1) is 0 Å². The third-order valence-electron chi connectivity index (χ3n) is 3.38. The van der Waals surface area contributed by atoms with E-state index < -0.39 is 0 Å². The van der Waals surface area contributed by atoms with Crippen LogP contribution in [0.3, 0.4) is 0 Å². The molecule has 106 valence electrons. The second-order valence-electron chi connectivity index (χ2n) is 4.73. The molecule has 0 atom stereocenters. The monoisotopic (exact) mass is 280 g/mol. The fourth-order valence-electron chi connectivity index (χ4n) is 2.34. The maximum atomic E-state index is 12.5. The van der Waals surface area contributed by atoms with Crippen LogP contribution < -0.4 is 10.1 Å². The number of fused-ring (bicyclic) bond motifs is 1. The first kappa shape index (κ1) is 13.2. The Kier molecular flexibility index (Phi) is 3.60. The van der Waals surface area contributed by atoms with Crippen LogP contribution in [0.4, 0.5) is 0 Å². The lowest BCUT2D eigenvalue weighted by Gasteiger charge is -2.07. The predicted molar refractivity (Wildman–Crippen MR) is 81.6 cm³/mol. The van der Waals surface area contributed by atoms with E-state index in [0.717, 1.165) is 11.1 Å². The lowest BCUT2D eigenvalue weighted by Crippen LogP contribution is -2.24. The van der Waals surface area contributed by atoms with Gasteiger partial charge in [-0.3, -0.25) is 4.79 Å². The van der Waals surface area contributed by atoms with Crippen LogP contribution in [0.1, 0.15) is 16.1 Å². The molecule has 0 bridgehead atoms. The summed E-state index contributed by atoms with van der Waals surface area (Å²) in [4.78, 5) is 12.5. The van der Waals surface area contributed by atoms with E-state index in [4.69, 9.17) is 4.74 Å². The molecule has 0 fully saturated rings. The molecule has 1 N–H and O–H groups in total. The molecule has 0 saturated carbocycles. The second-order valence-corrected chi connectivity index (χ2v) is 4.73. The van der Waals surface area contributed by atoms with Gasteiger partial charge < -0.3 is 14.5 Å². The van der Waals surface area contributed by atoms with Crippen LogP contribution in [0, 0.1) is 0 Å². The van der Waals surface area contributed by atoms with Crippen LogP contribution in [0.5, 0.6) is 5.75 Å². The molecular weight excluding hydrogens is 264 g/mol. The largest absolute Gasteiger partial charge is 0.494 e. The van der Waals surface area contributed by atoms with Gasteiger partial charge in [-0.2, -0.15) is 0 Å². The number of carbonyl (C=O) groups is 1. The van der Waals surface area contributed by atoms with E-state index in [1.54, 1.807) is 7.11 Å². The number of nitrogens with one attached hydrogen (secondary N) is 1. The van der Waals surface area contributed by atoms with Crippen molar-refractivity contribution in [3.8, 4) is 5.75 Å². The van der Waals surface area contributed by atoms with E-state index in [9.17, 15) is 4.79 Å². The molecule has 4 heteroatoms. The Morgan fingerprint density at radius 1 is 1.14 bits per heavy atom. The first-order valence-electron chi connectivity index (χ1n) is 6.76. The molecule has 21 heavy (non-hydrogen) atoms. The zero-order chi connectivity index (χ0) is 14.7. The molecule has 2 aromatic heterocycles. The van der Waals surface area contributed by atoms with Crippen molar-refractivity contribution in [1.29, 1.82) is 0 Å². The number of pyridine rings is 1. The van der Waals surface area contributed by atoms with Crippen molar-refractivity contribution in [3.05, 3.63) is 72.1 Å². The van der Waals surface area contributed by atoms with Gasteiger partial charge in [0.1, 0.15) is 0 Å². The molecule has 4 nitrogen and oxygen atoms in total. The lowest BCUT2D eigenvalue weighted by molar-refractivity contribution is 0.0942. The van der Waals surface area contributed by atoms with Crippen LogP contribution in [0.15, 0.2) is 60.8 Å². The van der Waals surface area contributed by atoms with E-state index in [1.807, 2.05) is 65.2 Å². The summed E-state index contributed by atoms with van der Waals surface area (Å²) in [6.45, 7) is 0.489. The average Bonchev–Trinajstić information content (AvgIpc) is 2.92. The Morgan fingerprint density at radius 2 is 1.90 bits per heavy atom. The quantitative estimate of drug-likeness (QED) is 0.798. The number of benzene rings is 1. The van der Waals surface area contributed by atoms with E-state index in [-0.39, 0.29) is 5.91 Å². The summed E-state index contributed by atoms with van der Waals surface area (Å²) >= 11 is 0. The molecular formula is C17H16N2O2. The molecule has 3 rings (SSSR count). The van der Waals surface area contributed by atoms with Crippen LogP contribution in [0.2, 0.25) is 0 Å². The smallest absolute Gasteiger partial charge is 0.272 e. The number of nitrogens with zero attached hydrogens (tertiary/aromatic N) is 1. The maximum Gasteiger partial charge on any atom is 0.272 e. The summed E-state index contributed by atoms with van der Waals surface area (Å²) in [7, 11) is 1.57. The van der Waals surface area contributed by atoms with Crippen LogP contribution in [-0.4, -0.2) is 17.4 Å². The Balaban J connectivity index is 1.87. The first-order chi connectivity index (χ1) is 10.3. The maximum absolute atomic E-state index is 12.5. The Bertz CT molecular complexity index is 763. The zero-order valence-electron chi connectivity index (χ0n) is 11.7. The summed E-state index contributed by atoms with van der Waals surface area (Å²) in [6, 6.07) is 17.4. The minimum absolute atomic E-state index is 0.151. The van der Waals surface area contributed by atoms with E-state index >= 15 is 0 Å². The van der Waals surface area contributed by atoms with Gasteiger partial charge in [0, 0.05) is 24.3 Å². The number of aromatic nitrogens is 1. The van der Waals surface area contributed by atoms with Crippen molar-refractivity contribution < 1.29 is 9.53 Å². The van der Waals surface area contributed by atoms with Crippen molar-refractivity contribution in [2.24, 2.45) is 0 Å². The average molecular weight is 280 g/mol. The number of ether oxygens (including phenoxy) is 1. The van der Waals surface area contributed by atoms with Crippen molar-refractivity contribution in [2.75, 3.05) is 7.11 Å². The molecule has 1 amide bonds. The Hall–Kier alpha value is -2.75. The fraction of sp³-hybridized carbons (Fsp3) is 0.118. The van der Waals surface area contributed by atoms with Gasteiger partial charge in [0.2, 0.25) is 0 Å². The normalized spacial score (nSPS) is 10.5. The highest BCUT2D eigenvalue weighted by Gasteiger charge is 2.17. The summed E-state index contributed by atoms with van der Waals surface area (Å²) in [6.07, 6.45) is 1.86. The van der Waals surface area contributed by atoms with Gasteiger partial charge in [-0.1, -0.05) is 36.4 Å². The molecule has 1 aromatic carbocycles. The van der Waals surface area contributed by atoms with E-state index in [0.29, 0.717) is 18.0 Å². The van der Waals surface area contributed by atoms with Crippen LogP contribution >= 0.6 is 0 Å². The number of methoxy groups -OCH3 is 1. The highest BCUT2D eigenvalue weighted by atomic mass is 16.5. The molecule has 0 saturated heterocycles. The Labute approximate surface area is 123 Å². The molecule has 3 aromatic rings. The molecule has 0 spiro atoms. The third-order valence-corrected chi connectivity index (χ3v) is 3.38. The first-order valence-corrected chi connectivity index (χ1v) is 6.76. The number of amides is 1. The number of carbonyl (C=O) groups excluding carboxylic acids is 1. The van der Waals surface area contributed by atoms with Gasteiger partial charge in [0.05, 0.1) is 7.11 Å². The number of rotatable bonds is 4. The Morgan fingerprint density at radius 3 is 2.67 bits per heavy atom. The SMILES string of the molecule is COc1cc2ccccn2c1C(=O)NCc1ccccc1. The number of hydrogen-bond donors (Lipinski definition) is 1. The molecule has 0 aliphatic heterocycles. The minimum Gasteiger partial charge on any atom is -0.494 e. The molecule has 0 unspecified atom stereocenters. The lowest BCUT2D eigenvalue weighted by atomic mass is 10.2. The highest BCUT2D eigenvalue weighted by Crippen LogP contribution is 2.23. The van der Waals surface area contributed by atoms with E-state index in [2.05, 4.69) is 5.32 Å². The van der Waals surface area contributed by atoms with Gasteiger partial charge >= 0.3 is 0 Å². The van der Waals surface area contributed by atoms with Gasteiger partial charge in [0.15, 0.2) is 11.4 Å². The van der Waals surface area contributed by atoms with Gasteiger partial charge in [-0.25, -0.2) is 0 Å². The topological polar surface area (TPSA) is 42.7 Å². The number of hydrogen-bond acceptors (Lipinski definition) is 2. The fourth-order valence-corrected chi connectivity index (χ4v) is 2.34. The summed E-state index contributed by atoms with van der Waals surface area (Å²) < 4.78 is 7.15. The van der Waals surface area contributed by atoms with Crippen molar-refractivity contribution >= 4 is 11.4 Å². The molecule has 0 radical (unpaired) electrons. The van der Waals surface area contributed by atoms with E-state index in [1.165, 1.54) is 0 Å².